The van der Waals surface area contributed by atoms with Crippen molar-refractivity contribution >= 4 is 30.0 Å². The third-order valence-corrected chi connectivity index (χ3v) is 5.03. The zero-order valence-electron chi connectivity index (χ0n) is 16.7. The number of halogens is 2. The number of aromatic nitrogens is 3. The number of H-pyrrole nitrogens is 1. The van der Waals surface area contributed by atoms with E-state index in [1.165, 1.54) is 13.2 Å². The normalized spacial score (nSPS) is 11.2. The second-order valence-electron chi connectivity index (χ2n) is 6.50. The predicted molar refractivity (Wildman–Crippen MR) is 118 cm³/mol. The topological polar surface area (TPSA) is 64.4 Å². The monoisotopic (exact) mass is 448 g/mol. The van der Waals surface area contributed by atoms with Gasteiger partial charge in [-0.3, -0.25) is 5.10 Å². The molecule has 0 fully saturated rings. The Morgan fingerprint density at radius 2 is 2.13 bits per heavy atom. The molecule has 2 aromatic carbocycles. The largest absolute Gasteiger partial charge is 0.493 e. The van der Waals surface area contributed by atoms with E-state index in [2.05, 4.69) is 22.2 Å². The fourth-order valence-electron chi connectivity index (χ4n) is 2.77. The molecule has 0 amide bonds. The van der Waals surface area contributed by atoms with Crippen molar-refractivity contribution < 1.29 is 13.9 Å². The third kappa shape index (κ3) is 5.25. The Morgan fingerprint density at radius 3 is 2.87 bits per heavy atom. The molecule has 1 heterocycles. The van der Waals surface area contributed by atoms with Crippen LogP contribution in [0.4, 0.5) is 4.39 Å². The highest BCUT2D eigenvalue weighted by atomic mass is 35.5. The Balaban J connectivity index is 1.77. The maximum Gasteiger partial charge on any atom is 0.216 e. The third-order valence-electron chi connectivity index (χ3n) is 4.42. The summed E-state index contributed by atoms with van der Waals surface area (Å²) in [5.74, 6) is 1.33. The molecule has 158 valence electrons. The van der Waals surface area contributed by atoms with E-state index in [1.807, 2.05) is 6.07 Å². The first-order chi connectivity index (χ1) is 14.5. The summed E-state index contributed by atoms with van der Waals surface area (Å²) in [7, 11) is 1.54. The van der Waals surface area contributed by atoms with E-state index in [1.54, 1.807) is 35.2 Å². The summed E-state index contributed by atoms with van der Waals surface area (Å²) in [6.45, 7) is 2.10. The smallest absolute Gasteiger partial charge is 0.216 e. The summed E-state index contributed by atoms with van der Waals surface area (Å²) >= 11 is 11.3. The minimum atomic E-state index is -0.416. The van der Waals surface area contributed by atoms with Gasteiger partial charge in [-0.25, -0.2) is 4.39 Å². The minimum Gasteiger partial charge on any atom is -0.493 e. The maximum atomic E-state index is 13.9. The Kier molecular flexibility index (Phi) is 7.59. The average molecular weight is 449 g/mol. The van der Waals surface area contributed by atoms with Crippen LogP contribution in [0.15, 0.2) is 41.5 Å². The highest BCUT2D eigenvalue weighted by Crippen LogP contribution is 2.29. The lowest BCUT2D eigenvalue weighted by molar-refractivity contribution is 0.280. The van der Waals surface area contributed by atoms with Crippen LogP contribution in [0.25, 0.3) is 0 Å². The zero-order chi connectivity index (χ0) is 21.5. The van der Waals surface area contributed by atoms with Crippen molar-refractivity contribution in [1.29, 1.82) is 0 Å². The van der Waals surface area contributed by atoms with Crippen molar-refractivity contribution in [1.82, 2.24) is 14.9 Å². The number of nitrogens with one attached hydrogen (secondary N) is 1. The first kappa shape index (κ1) is 22.0. The Labute approximate surface area is 184 Å². The number of benzene rings is 2. The first-order valence-corrected chi connectivity index (χ1v) is 10.3. The molecular weight excluding hydrogens is 427 g/mol. The molecule has 0 radical (unpaired) electrons. The van der Waals surface area contributed by atoms with Crippen molar-refractivity contribution in [2.75, 3.05) is 7.11 Å². The van der Waals surface area contributed by atoms with Crippen LogP contribution in [0, 0.1) is 10.6 Å². The summed E-state index contributed by atoms with van der Waals surface area (Å²) in [6, 6.07) is 9.85. The Morgan fingerprint density at radius 1 is 1.30 bits per heavy atom. The van der Waals surface area contributed by atoms with Gasteiger partial charge in [0.15, 0.2) is 17.3 Å². The fourth-order valence-corrected chi connectivity index (χ4v) is 3.18. The van der Waals surface area contributed by atoms with Gasteiger partial charge in [-0.2, -0.15) is 14.9 Å². The first-order valence-electron chi connectivity index (χ1n) is 9.47. The average Bonchev–Trinajstić information content (AvgIpc) is 3.10. The van der Waals surface area contributed by atoms with Gasteiger partial charge in [0.05, 0.1) is 18.3 Å². The second kappa shape index (κ2) is 10.4. The lowest BCUT2D eigenvalue weighted by Crippen LogP contribution is -2.02. The van der Waals surface area contributed by atoms with E-state index in [4.69, 9.17) is 33.3 Å². The van der Waals surface area contributed by atoms with Gasteiger partial charge in [-0.05, 0) is 54.5 Å². The number of aryl methyl sites for hydroxylation is 1. The van der Waals surface area contributed by atoms with E-state index in [-0.39, 0.29) is 6.61 Å². The van der Waals surface area contributed by atoms with Crippen LogP contribution >= 0.6 is 23.8 Å². The predicted octanol–water partition coefficient (Wildman–Crippen LogP) is 5.55. The minimum absolute atomic E-state index is 0.0136. The summed E-state index contributed by atoms with van der Waals surface area (Å²) in [4.78, 5) is 0. The molecule has 3 aromatic rings. The Bertz CT molecular complexity index is 1080. The van der Waals surface area contributed by atoms with Crippen LogP contribution in [0.1, 0.15) is 36.7 Å². The summed E-state index contributed by atoms with van der Waals surface area (Å²) < 4.78 is 27.1. The fraction of sp³-hybridized carbons (Fsp3) is 0.286. The van der Waals surface area contributed by atoms with Crippen LogP contribution in [0.2, 0.25) is 5.02 Å². The van der Waals surface area contributed by atoms with Crippen LogP contribution < -0.4 is 9.47 Å². The van der Waals surface area contributed by atoms with Gasteiger partial charge in [0.25, 0.3) is 0 Å². The number of nitrogens with zero attached hydrogens (tertiary/aromatic N) is 3. The van der Waals surface area contributed by atoms with Gasteiger partial charge >= 0.3 is 0 Å². The van der Waals surface area contributed by atoms with E-state index in [9.17, 15) is 4.39 Å². The molecule has 3 rings (SSSR count). The van der Waals surface area contributed by atoms with Crippen molar-refractivity contribution in [3.05, 3.63) is 69.0 Å². The number of ether oxygens (including phenoxy) is 2. The van der Waals surface area contributed by atoms with Gasteiger partial charge in [0.1, 0.15) is 12.4 Å². The Hall–Kier alpha value is -2.71. The standard InChI is InChI=1S/C21H22ClFN4O2S/c1-3-4-8-20-25-26-21(30)27(20)24-12-14-9-10-18(19(11-14)28-2)29-13-15-16(22)6-5-7-17(15)23/h5-7,9-12H,3-4,8,13H2,1-2H3,(H,26,30)/b24-12+. The van der Waals surface area contributed by atoms with Crippen LogP contribution in [0.5, 0.6) is 11.5 Å². The van der Waals surface area contributed by atoms with Gasteiger partial charge in [0.2, 0.25) is 4.77 Å². The number of unbranched alkanes of at least 4 members (excludes halogenated alkanes) is 1. The number of aromatic amines is 1. The summed E-state index contributed by atoms with van der Waals surface area (Å²) in [5.41, 5.74) is 1.08. The van der Waals surface area contributed by atoms with Crippen LogP contribution in [0.3, 0.4) is 0 Å². The molecule has 0 bridgehead atoms. The molecule has 0 aliphatic rings. The summed E-state index contributed by atoms with van der Waals surface area (Å²) in [5, 5.41) is 11.8. The molecule has 0 aliphatic carbocycles. The van der Waals surface area contributed by atoms with Gasteiger partial charge in [-0.15, -0.1) is 0 Å². The molecule has 0 saturated heterocycles. The molecule has 0 saturated carbocycles. The second-order valence-corrected chi connectivity index (χ2v) is 7.30. The number of hydrogen-bond acceptors (Lipinski definition) is 5. The van der Waals surface area contributed by atoms with Crippen LogP contribution in [-0.2, 0) is 13.0 Å². The molecular formula is C21H22ClFN4O2S. The quantitative estimate of drug-likeness (QED) is 0.344. The van der Waals surface area contributed by atoms with Gasteiger partial charge in [0, 0.05) is 12.0 Å². The molecule has 0 unspecified atom stereocenters. The van der Waals surface area contributed by atoms with Crippen molar-refractivity contribution in [3.63, 3.8) is 0 Å². The zero-order valence-corrected chi connectivity index (χ0v) is 18.3. The molecule has 9 heteroatoms. The van der Waals surface area contributed by atoms with E-state index in [0.717, 1.165) is 30.7 Å². The molecule has 0 atom stereocenters. The summed E-state index contributed by atoms with van der Waals surface area (Å²) in [6.07, 6.45) is 4.51. The highest BCUT2D eigenvalue weighted by molar-refractivity contribution is 7.71. The molecule has 0 spiro atoms. The molecule has 6 nitrogen and oxygen atoms in total. The number of rotatable bonds is 9. The lowest BCUT2D eigenvalue weighted by atomic mass is 10.2. The van der Waals surface area contributed by atoms with Crippen molar-refractivity contribution in [2.24, 2.45) is 5.10 Å². The SMILES string of the molecule is CCCCc1n[nH]c(=S)n1/N=C/c1ccc(OCc2c(F)cccc2Cl)c(OC)c1. The number of hydrogen-bond donors (Lipinski definition) is 1. The number of methoxy groups -OCH3 is 1. The van der Waals surface area contributed by atoms with Gasteiger partial charge in [-0.1, -0.05) is 31.0 Å². The molecule has 0 aliphatic heterocycles. The molecule has 30 heavy (non-hydrogen) atoms. The van der Waals surface area contributed by atoms with E-state index >= 15 is 0 Å². The van der Waals surface area contributed by atoms with E-state index in [0.29, 0.717) is 26.9 Å². The molecule has 1 N–H and O–H groups in total. The highest BCUT2D eigenvalue weighted by Gasteiger charge is 2.11. The van der Waals surface area contributed by atoms with Crippen molar-refractivity contribution in [2.45, 2.75) is 32.8 Å². The van der Waals surface area contributed by atoms with Crippen LogP contribution in [-0.4, -0.2) is 28.2 Å². The lowest BCUT2D eigenvalue weighted by Gasteiger charge is -2.12. The van der Waals surface area contributed by atoms with Crippen molar-refractivity contribution in [3.8, 4) is 11.5 Å². The van der Waals surface area contributed by atoms with Gasteiger partial charge < -0.3 is 9.47 Å². The van der Waals surface area contributed by atoms with E-state index < -0.39 is 5.82 Å². The maximum absolute atomic E-state index is 13.9. The molecule has 1 aromatic heterocycles.